The summed E-state index contributed by atoms with van der Waals surface area (Å²) in [5.41, 5.74) is 3.38. The highest BCUT2D eigenvalue weighted by atomic mass is 16.5. The molecule has 0 saturated carbocycles. The molecule has 2 bridgehead atoms. The molecule has 10 nitrogen and oxygen atoms in total. The molecule has 3 saturated heterocycles. The van der Waals surface area contributed by atoms with E-state index in [-0.39, 0.29) is 23.9 Å². The van der Waals surface area contributed by atoms with Crippen molar-refractivity contribution >= 4 is 17.2 Å². The first-order chi connectivity index (χ1) is 17.6. The third-order valence-corrected chi connectivity index (χ3v) is 6.82. The maximum Gasteiger partial charge on any atom is 0.256 e. The van der Waals surface area contributed by atoms with Crippen molar-refractivity contribution in [1.29, 1.82) is 5.26 Å². The summed E-state index contributed by atoms with van der Waals surface area (Å²) in [4.78, 5) is 25.6. The van der Waals surface area contributed by atoms with Crippen LogP contribution < -0.4 is 9.64 Å². The SMILES string of the molecule is CCOc1cc(-c2ccc(N3CC4CC(C3)N4C(=O)c3ccc(O)nc3)nc2)c2c(C#N)cnn2c1. The molecule has 0 aromatic carbocycles. The van der Waals surface area contributed by atoms with Gasteiger partial charge >= 0.3 is 0 Å². The standard InChI is InChI=1S/C26H23N7O3/c1-2-36-21-8-22(25-18(9-27)12-30-32(25)15-21)16-3-5-23(28-10-16)31-13-19-7-20(14-31)33(19)26(35)17-4-6-24(34)29-11-17/h3-6,8,10-12,15,19-20H,2,7,13-14H2,1H3,(H,29,34). The number of rotatable bonds is 5. The van der Waals surface area contributed by atoms with E-state index in [1.54, 1.807) is 29.2 Å². The number of carbonyl (C=O) groups excluding carboxylic acids is 1. The topological polar surface area (TPSA) is 120 Å². The zero-order valence-corrected chi connectivity index (χ0v) is 19.6. The first-order valence-electron chi connectivity index (χ1n) is 11.8. The minimum absolute atomic E-state index is 0.0565. The fraction of sp³-hybridized carbons (Fsp3) is 0.269. The largest absolute Gasteiger partial charge is 0.493 e. The molecule has 3 aliphatic rings. The fourth-order valence-electron chi connectivity index (χ4n) is 5.17. The van der Waals surface area contributed by atoms with Crippen LogP contribution in [0.2, 0.25) is 0 Å². The van der Waals surface area contributed by atoms with Crippen LogP contribution in [0.1, 0.15) is 29.3 Å². The highest BCUT2D eigenvalue weighted by molar-refractivity contribution is 5.95. The number of nitriles is 1. The molecule has 4 aromatic heterocycles. The zero-order chi connectivity index (χ0) is 24.8. The molecule has 3 fully saturated rings. The maximum atomic E-state index is 12.9. The molecule has 1 amide bonds. The van der Waals surface area contributed by atoms with Gasteiger partial charge in [0.15, 0.2) is 0 Å². The predicted molar refractivity (Wildman–Crippen MR) is 131 cm³/mol. The summed E-state index contributed by atoms with van der Waals surface area (Å²) in [5, 5.41) is 23.3. The molecule has 2 atom stereocenters. The van der Waals surface area contributed by atoms with Gasteiger partial charge in [-0.25, -0.2) is 14.5 Å². The monoisotopic (exact) mass is 481 g/mol. The molecule has 0 radical (unpaired) electrons. The number of fused-ring (bicyclic) bond motifs is 3. The van der Waals surface area contributed by atoms with Crippen LogP contribution in [0.15, 0.2) is 55.1 Å². The van der Waals surface area contributed by atoms with E-state index >= 15 is 0 Å². The van der Waals surface area contributed by atoms with Crippen LogP contribution in [0.4, 0.5) is 5.82 Å². The van der Waals surface area contributed by atoms with E-state index in [0.29, 0.717) is 42.1 Å². The highest BCUT2D eigenvalue weighted by Crippen LogP contribution is 2.36. The molecule has 36 heavy (non-hydrogen) atoms. The van der Waals surface area contributed by atoms with Crippen LogP contribution in [-0.2, 0) is 0 Å². The average Bonchev–Trinajstić information content (AvgIpc) is 3.32. The lowest BCUT2D eigenvalue weighted by molar-refractivity contribution is 0.00573. The van der Waals surface area contributed by atoms with E-state index < -0.39 is 0 Å². The Hall–Kier alpha value is -4.65. The Morgan fingerprint density at radius 1 is 1.17 bits per heavy atom. The summed E-state index contributed by atoms with van der Waals surface area (Å²) in [6, 6.07) is 11.3. The van der Waals surface area contributed by atoms with E-state index in [1.165, 1.54) is 12.3 Å². The lowest BCUT2D eigenvalue weighted by Gasteiger charge is -2.56. The molecule has 0 aliphatic carbocycles. The number of hydrogen-bond acceptors (Lipinski definition) is 8. The zero-order valence-electron chi connectivity index (χ0n) is 19.6. The number of carbonyl (C=O) groups is 1. The summed E-state index contributed by atoms with van der Waals surface area (Å²) in [6.45, 7) is 3.84. The number of anilines is 1. The van der Waals surface area contributed by atoms with Crippen molar-refractivity contribution < 1.29 is 14.6 Å². The van der Waals surface area contributed by atoms with E-state index in [2.05, 4.69) is 21.1 Å². The van der Waals surface area contributed by atoms with Crippen LogP contribution in [0.5, 0.6) is 11.6 Å². The number of pyridine rings is 3. The van der Waals surface area contributed by atoms with Crippen molar-refractivity contribution in [3.8, 4) is 28.8 Å². The minimum Gasteiger partial charge on any atom is -0.493 e. The molecular weight excluding hydrogens is 458 g/mol. The normalized spacial score (nSPS) is 18.6. The molecule has 7 rings (SSSR count). The molecule has 7 heterocycles. The number of ether oxygens (including phenoxy) is 1. The number of piperidine rings is 1. The second-order valence-electron chi connectivity index (χ2n) is 8.96. The van der Waals surface area contributed by atoms with Crippen molar-refractivity contribution in [2.75, 3.05) is 24.6 Å². The molecule has 10 heteroatoms. The Labute approximate surface area is 207 Å². The lowest BCUT2D eigenvalue weighted by atomic mass is 9.86. The fourth-order valence-corrected chi connectivity index (χ4v) is 5.17. The van der Waals surface area contributed by atoms with Gasteiger partial charge in [0.2, 0.25) is 5.88 Å². The number of amides is 1. The molecule has 4 aromatic rings. The highest BCUT2D eigenvalue weighted by Gasteiger charge is 2.47. The second-order valence-corrected chi connectivity index (χ2v) is 8.96. The van der Waals surface area contributed by atoms with Gasteiger partial charge in [0.25, 0.3) is 5.91 Å². The van der Waals surface area contributed by atoms with Gasteiger partial charge < -0.3 is 19.6 Å². The van der Waals surface area contributed by atoms with Gasteiger partial charge in [-0.05, 0) is 37.6 Å². The third-order valence-electron chi connectivity index (χ3n) is 6.82. The Morgan fingerprint density at radius 2 is 2.00 bits per heavy atom. The smallest absolute Gasteiger partial charge is 0.256 e. The molecule has 180 valence electrons. The first-order valence-corrected chi connectivity index (χ1v) is 11.8. The lowest BCUT2D eigenvalue weighted by Crippen LogP contribution is -2.70. The van der Waals surface area contributed by atoms with Crippen LogP contribution in [0.25, 0.3) is 16.6 Å². The van der Waals surface area contributed by atoms with Crippen LogP contribution in [0.3, 0.4) is 0 Å². The molecule has 2 unspecified atom stereocenters. The number of hydrogen-bond donors (Lipinski definition) is 1. The van der Waals surface area contributed by atoms with E-state index in [9.17, 15) is 15.2 Å². The Kier molecular flexibility index (Phi) is 5.18. The first kappa shape index (κ1) is 21.9. The van der Waals surface area contributed by atoms with Crippen molar-refractivity contribution in [1.82, 2.24) is 24.5 Å². The number of aromatic hydroxyl groups is 1. The molecule has 3 aliphatic heterocycles. The Bertz CT molecular complexity index is 1480. The van der Waals surface area contributed by atoms with Crippen LogP contribution in [0, 0.1) is 11.3 Å². The van der Waals surface area contributed by atoms with Gasteiger partial charge in [-0.2, -0.15) is 10.4 Å². The van der Waals surface area contributed by atoms with Crippen molar-refractivity contribution in [2.45, 2.75) is 25.4 Å². The van der Waals surface area contributed by atoms with Crippen LogP contribution in [-0.4, -0.2) is 67.3 Å². The van der Waals surface area contributed by atoms with Crippen molar-refractivity contribution in [3.05, 3.63) is 66.2 Å². The summed E-state index contributed by atoms with van der Waals surface area (Å²) in [5.74, 6) is 1.36. The molecular formula is C26H23N7O3. The van der Waals surface area contributed by atoms with Crippen molar-refractivity contribution in [2.24, 2.45) is 0 Å². The van der Waals surface area contributed by atoms with E-state index in [4.69, 9.17) is 9.72 Å². The molecule has 1 N–H and O–H groups in total. The number of aromatic nitrogens is 4. The predicted octanol–water partition coefficient (Wildman–Crippen LogP) is 2.87. The van der Waals surface area contributed by atoms with Crippen molar-refractivity contribution in [3.63, 3.8) is 0 Å². The summed E-state index contributed by atoms with van der Waals surface area (Å²) in [7, 11) is 0. The Balaban J connectivity index is 1.23. The van der Waals surface area contributed by atoms with E-state index in [0.717, 1.165) is 23.4 Å². The van der Waals surface area contributed by atoms with Gasteiger partial charge in [-0.15, -0.1) is 0 Å². The maximum absolute atomic E-state index is 12.9. The summed E-state index contributed by atoms with van der Waals surface area (Å²) < 4.78 is 7.37. The van der Waals surface area contributed by atoms with Crippen LogP contribution >= 0.6 is 0 Å². The van der Waals surface area contributed by atoms with Gasteiger partial charge in [-0.1, -0.05) is 0 Å². The van der Waals surface area contributed by atoms with Gasteiger partial charge in [0.05, 0.1) is 47.7 Å². The number of piperazine rings is 1. The van der Waals surface area contributed by atoms with Gasteiger partial charge in [-0.3, -0.25) is 4.79 Å². The summed E-state index contributed by atoms with van der Waals surface area (Å²) >= 11 is 0. The summed E-state index contributed by atoms with van der Waals surface area (Å²) in [6.07, 6.45) is 7.51. The Morgan fingerprint density at radius 3 is 2.67 bits per heavy atom. The quantitative estimate of drug-likeness (QED) is 0.462. The van der Waals surface area contributed by atoms with Gasteiger partial charge in [0.1, 0.15) is 17.6 Å². The second kappa shape index (κ2) is 8.53. The van der Waals surface area contributed by atoms with Gasteiger partial charge in [0, 0.05) is 42.7 Å². The average molecular weight is 482 g/mol. The van der Waals surface area contributed by atoms with E-state index in [1.807, 2.05) is 30.0 Å². The minimum atomic E-state index is -0.0986. The number of nitrogens with zero attached hydrogens (tertiary/aromatic N) is 7. The third kappa shape index (κ3) is 3.56. The molecule has 0 spiro atoms.